The average Bonchev–Trinajstić information content (AvgIpc) is 2.40. The van der Waals surface area contributed by atoms with Crippen LogP contribution in [0.3, 0.4) is 0 Å². The van der Waals surface area contributed by atoms with E-state index >= 15 is 0 Å². The molecule has 1 aromatic carbocycles. The zero-order valence-corrected chi connectivity index (χ0v) is 12.1. The lowest BCUT2D eigenvalue weighted by Gasteiger charge is -2.06. The Morgan fingerprint density at radius 2 is 2.11 bits per heavy atom. The fourth-order valence-corrected chi connectivity index (χ4v) is 1.44. The zero-order chi connectivity index (χ0) is 14.8. The molecule has 3 nitrogen and oxygen atoms in total. The molecule has 0 aromatic heterocycles. The standard InChI is InChI=1S/C11H12O3.C5H10/c1-4-8-6-9(11(13)14-3)7(2)5-10(8)12;1-3-5-4-2/h4-6,12H,1H2,2-3H3;3,5H,4H2,1-2H3/b;5-3+. The second kappa shape index (κ2) is 8.97. The van der Waals surface area contributed by atoms with Crippen molar-refractivity contribution in [1.29, 1.82) is 0 Å². The van der Waals surface area contributed by atoms with Crippen molar-refractivity contribution < 1.29 is 14.6 Å². The summed E-state index contributed by atoms with van der Waals surface area (Å²) in [6.45, 7) is 9.43. The molecule has 0 bridgehead atoms. The van der Waals surface area contributed by atoms with Crippen LogP contribution < -0.4 is 0 Å². The number of carbonyl (C=O) groups excluding carboxylic acids is 1. The number of rotatable bonds is 3. The maximum atomic E-state index is 11.3. The zero-order valence-electron chi connectivity index (χ0n) is 12.1. The molecule has 3 heteroatoms. The van der Waals surface area contributed by atoms with Gasteiger partial charge in [-0.05, 0) is 38.0 Å². The fourth-order valence-electron chi connectivity index (χ4n) is 1.44. The maximum absolute atomic E-state index is 11.3. The first-order valence-electron chi connectivity index (χ1n) is 6.17. The number of carbonyl (C=O) groups is 1. The van der Waals surface area contributed by atoms with Crippen molar-refractivity contribution >= 4 is 12.0 Å². The van der Waals surface area contributed by atoms with Crippen LogP contribution in [0.4, 0.5) is 0 Å². The van der Waals surface area contributed by atoms with Crippen LogP contribution in [-0.2, 0) is 4.74 Å². The van der Waals surface area contributed by atoms with Gasteiger partial charge in [0.25, 0.3) is 0 Å². The predicted molar refractivity (Wildman–Crippen MR) is 79.4 cm³/mol. The monoisotopic (exact) mass is 262 g/mol. The third-order valence-corrected chi connectivity index (χ3v) is 2.47. The Bertz CT molecular complexity index is 459. The SMILES string of the molecule is C/C=C/CC.C=Cc1cc(C(=O)OC)c(C)cc1O. The van der Waals surface area contributed by atoms with Crippen molar-refractivity contribution in [2.45, 2.75) is 27.2 Å². The summed E-state index contributed by atoms with van der Waals surface area (Å²) in [5.74, 6) is -0.296. The molecule has 0 aliphatic carbocycles. The minimum Gasteiger partial charge on any atom is -0.507 e. The van der Waals surface area contributed by atoms with E-state index in [0.29, 0.717) is 16.7 Å². The second-order valence-electron chi connectivity index (χ2n) is 3.90. The summed E-state index contributed by atoms with van der Waals surface area (Å²) in [4.78, 5) is 11.3. The lowest BCUT2D eigenvalue weighted by Crippen LogP contribution is -2.04. The minimum atomic E-state index is -0.411. The van der Waals surface area contributed by atoms with Crippen LogP contribution in [0, 0.1) is 6.92 Å². The Balaban J connectivity index is 0.000000555. The van der Waals surface area contributed by atoms with E-state index in [2.05, 4.69) is 30.4 Å². The smallest absolute Gasteiger partial charge is 0.338 e. The number of aromatic hydroxyl groups is 1. The number of ether oxygens (including phenoxy) is 1. The maximum Gasteiger partial charge on any atom is 0.338 e. The van der Waals surface area contributed by atoms with Crippen LogP contribution in [0.2, 0.25) is 0 Å². The lowest BCUT2D eigenvalue weighted by molar-refractivity contribution is 0.0600. The summed E-state index contributed by atoms with van der Waals surface area (Å²) in [6, 6.07) is 3.08. The van der Waals surface area contributed by atoms with Gasteiger partial charge in [0, 0.05) is 5.56 Å². The van der Waals surface area contributed by atoms with E-state index in [0.717, 1.165) is 6.42 Å². The number of phenols is 1. The van der Waals surface area contributed by atoms with E-state index in [1.165, 1.54) is 19.3 Å². The Morgan fingerprint density at radius 3 is 2.47 bits per heavy atom. The van der Waals surface area contributed by atoms with Crippen LogP contribution in [-0.4, -0.2) is 18.2 Å². The van der Waals surface area contributed by atoms with Crippen LogP contribution in [0.1, 0.15) is 41.8 Å². The van der Waals surface area contributed by atoms with Gasteiger partial charge in [0.05, 0.1) is 12.7 Å². The summed E-state index contributed by atoms with van der Waals surface area (Å²) < 4.78 is 4.60. The van der Waals surface area contributed by atoms with E-state index in [1.807, 2.05) is 6.92 Å². The van der Waals surface area contributed by atoms with Crippen LogP contribution >= 0.6 is 0 Å². The molecular formula is C16H22O3. The molecule has 1 N–H and O–H groups in total. The normalized spacial score (nSPS) is 9.68. The molecule has 1 aromatic rings. The number of benzene rings is 1. The van der Waals surface area contributed by atoms with Crippen molar-refractivity contribution in [2.75, 3.05) is 7.11 Å². The summed E-state index contributed by atoms with van der Waals surface area (Å²) >= 11 is 0. The van der Waals surface area contributed by atoms with E-state index in [-0.39, 0.29) is 5.75 Å². The Labute approximate surface area is 115 Å². The van der Waals surface area contributed by atoms with Crippen molar-refractivity contribution in [3.63, 3.8) is 0 Å². The van der Waals surface area contributed by atoms with Crippen LogP contribution in [0.15, 0.2) is 30.9 Å². The van der Waals surface area contributed by atoms with Crippen molar-refractivity contribution in [2.24, 2.45) is 0 Å². The van der Waals surface area contributed by atoms with Gasteiger partial charge in [-0.25, -0.2) is 4.79 Å². The first-order chi connectivity index (χ1) is 9.01. The van der Waals surface area contributed by atoms with E-state index < -0.39 is 5.97 Å². The molecule has 104 valence electrons. The average molecular weight is 262 g/mol. The molecule has 0 aliphatic rings. The summed E-state index contributed by atoms with van der Waals surface area (Å²) in [5, 5.41) is 9.45. The van der Waals surface area contributed by atoms with E-state index in [1.54, 1.807) is 13.0 Å². The van der Waals surface area contributed by atoms with Crippen molar-refractivity contribution in [3.05, 3.63) is 47.6 Å². The van der Waals surface area contributed by atoms with Gasteiger partial charge >= 0.3 is 5.97 Å². The summed E-state index contributed by atoms with van der Waals surface area (Å²) in [7, 11) is 1.32. The molecule has 0 atom stereocenters. The molecule has 1 rings (SSSR count). The third-order valence-electron chi connectivity index (χ3n) is 2.47. The molecule has 0 radical (unpaired) electrons. The van der Waals surface area contributed by atoms with Gasteiger partial charge in [-0.3, -0.25) is 0 Å². The van der Waals surface area contributed by atoms with Gasteiger partial charge in [-0.2, -0.15) is 0 Å². The Morgan fingerprint density at radius 1 is 1.47 bits per heavy atom. The van der Waals surface area contributed by atoms with Gasteiger partial charge in [0.1, 0.15) is 5.75 Å². The molecule has 0 heterocycles. The first kappa shape index (κ1) is 17.0. The van der Waals surface area contributed by atoms with E-state index in [9.17, 15) is 9.90 Å². The molecule has 0 fully saturated rings. The molecule has 0 spiro atoms. The molecule has 0 unspecified atom stereocenters. The highest BCUT2D eigenvalue weighted by Gasteiger charge is 2.11. The first-order valence-corrected chi connectivity index (χ1v) is 6.17. The van der Waals surface area contributed by atoms with E-state index in [4.69, 9.17) is 0 Å². The quantitative estimate of drug-likeness (QED) is 0.659. The number of hydrogen-bond donors (Lipinski definition) is 1. The van der Waals surface area contributed by atoms with Crippen LogP contribution in [0.5, 0.6) is 5.75 Å². The minimum absolute atomic E-state index is 0.116. The molecular weight excluding hydrogens is 240 g/mol. The summed E-state index contributed by atoms with van der Waals surface area (Å²) in [6.07, 6.45) is 6.83. The van der Waals surface area contributed by atoms with Gasteiger partial charge in [0.2, 0.25) is 0 Å². The van der Waals surface area contributed by atoms with Gasteiger partial charge < -0.3 is 9.84 Å². The molecule has 19 heavy (non-hydrogen) atoms. The van der Waals surface area contributed by atoms with Gasteiger partial charge in [-0.15, -0.1) is 0 Å². The number of phenolic OH excluding ortho intramolecular Hbond substituents is 1. The largest absolute Gasteiger partial charge is 0.507 e. The highest BCUT2D eigenvalue weighted by atomic mass is 16.5. The molecule has 0 amide bonds. The number of allylic oxidation sites excluding steroid dienone is 2. The summed E-state index contributed by atoms with van der Waals surface area (Å²) in [5.41, 5.74) is 1.65. The Hall–Kier alpha value is -2.03. The van der Waals surface area contributed by atoms with Crippen molar-refractivity contribution in [3.8, 4) is 5.75 Å². The third kappa shape index (κ3) is 5.42. The fraction of sp³-hybridized carbons (Fsp3) is 0.312. The molecule has 0 saturated heterocycles. The highest BCUT2D eigenvalue weighted by Crippen LogP contribution is 2.23. The predicted octanol–water partition coefficient (Wildman–Crippen LogP) is 4.10. The topological polar surface area (TPSA) is 46.5 Å². The second-order valence-corrected chi connectivity index (χ2v) is 3.90. The number of methoxy groups -OCH3 is 1. The Kier molecular flexibility index (Phi) is 8.02. The van der Waals surface area contributed by atoms with Crippen molar-refractivity contribution in [1.82, 2.24) is 0 Å². The number of hydrogen-bond acceptors (Lipinski definition) is 3. The molecule has 0 aliphatic heterocycles. The van der Waals surface area contributed by atoms with Gasteiger partial charge in [-0.1, -0.05) is 31.7 Å². The number of esters is 1. The number of aryl methyl sites for hydroxylation is 1. The van der Waals surface area contributed by atoms with Crippen LogP contribution in [0.25, 0.3) is 6.08 Å². The highest BCUT2D eigenvalue weighted by molar-refractivity contribution is 5.92. The lowest BCUT2D eigenvalue weighted by atomic mass is 10.0. The van der Waals surface area contributed by atoms with Gasteiger partial charge in [0.15, 0.2) is 0 Å². The molecule has 0 saturated carbocycles.